The maximum absolute atomic E-state index is 12.8. The Balaban J connectivity index is 1.86. The number of anilines is 1. The van der Waals surface area contributed by atoms with Crippen LogP contribution in [0, 0.1) is 16.0 Å². The Morgan fingerprint density at radius 2 is 1.96 bits per heavy atom. The van der Waals surface area contributed by atoms with Crippen LogP contribution in [0.5, 0.6) is 0 Å². The highest BCUT2D eigenvalue weighted by molar-refractivity contribution is 7.91. The van der Waals surface area contributed by atoms with Crippen molar-refractivity contribution in [1.29, 1.82) is 0 Å². The lowest BCUT2D eigenvalue weighted by Crippen LogP contribution is -2.38. The normalized spacial score (nSPS) is 23.0. The molecule has 1 N–H and O–H groups in total. The van der Waals surface area contributed by atoms with Gasteiger partial charge in [-0.05, 0) is 31.2 Å². The lowest BCUT2D eigenvalue weighted by Gasteiger charge is -2.33. The van der Waals surface area contributed by atoms with Crippen LogP contribution in [-0.4, -0.2) is 49.9 Å². The zero-order chi connectivity index (χ0) is 18.9. The van der Waals surface area contributed by atoms with E-state index in [4.69, 9.17) is 0 Å². The fourth-order valence-electron chi connectivity index (χ4n) is 3.52. The molecule has 1 atom stereocenters. The zero-order valence-electron chi connectivity index (χ0n) is 14.7. The summed E-state index contributed by atoms with van der Waals surface area (Å²) < 4.78 is 23.2. The summed E-state index contributed by atoms with van der Waals surface area (Å²) in [5.41, 5.74) is 0.752. The van der Waals surface area contributed by atoms with Crippen LogP contribution in [0.15, 0.2) is 18.2 Å². The topological polar surface area (TPSA) is 110 Å². The first kappa shape index (κ1) is 18.6. The van der Waals surface area contributed by atoms with Gasteiger partial charge in [0.25, 0.3) is 11.6 Å². The second kappa shape index (κ2) is 7.22. The smallest absolute Gasteiger partial charge is 0.270 e. The van der Waals surface area contributed by atoms with Crippen molar-refractivity contribution in [1.82, 2.24) is 5.32 Å². The molecule has 0 spiro atoms. The monoisotopic (exact) mass is 381 g/mol. The standard InChI is InChI=1S/C17H23N3O5S/c1-12-4-7-19(8-5-12)16-3-2-14(20(22)23)10-15(16)17(21)18-13-6-9-26(24,25)11-13/h2-3,10,12-13H,4-9,11H2,1H3,(H,18,21). The van der Waals surface area contributed by atoms with Gasteiger partial charge in [0.15, 0.2) is 9.84 Å². The molecule has 9 heteroatoms. The van der Waals surface area contributed by atoms with Gasteiger partial charge in [0.1, 0.15) is 0 Å². The largest absolute Gasteiger partial charge is 0.371 e. The number of hydrogen-bond donors (Lipinski definition) is 1. The number of nitrogens with zero attached hydrogens (tertiary/aromatic N) is 2. The summed E-state index contributed by atoms with van der Waals surface area (Å²) >= 11 is 0. The number of carbonyl (C=O) groups is 1. The predicted octanol–water partition coefficient (Wildman–Crippen LogP) is 1.75. The fraction of sp³-hybridized carbons (Fsp3) is 0.588. The van der Waals surface area contributed by atoms with E-state index >= 15 is 0 Å². The molecule has 1 unspecified atom stereocenters. The molecule has 3 rings (SSSR count). The van der Waals surface area contributed by atoms with Crippen LogP contribution in [0.1, 0.15) is 36.5 Å². The number of nitro benzene ring substituents is 1. The second-order valence-corrected chi connectivity index (χ2v) is 9.43. The summed E-state index contributed by atoms with van der Waals surface area (Å²) in [7, 11) is -3.11. The zero-order valence-corrected chi connectivity index (χ0v) is 15.5. The molecule has 0 bridgehead atoms. The van der Waals surface area contributed by atoms with Crippen molar-refractivity contribution in [2.45, 2.75) is 32.2 Å². The Bertz CT molecular complexity index is 816. The van der Waals surface area contributed by atoms with Gasteiger partial charge in [-0.15, -0.1) is 0 Å². The number of nitrogens with one attached hydrogen (secondary N) is 1. The van der Waals surface area contributed by atoms with Crippen LogP contribution in [0.2, 0.25) is 0 Å². The van der Waals surface area contributed by atoms with Gasteiger partial charge < -0.3 is 10.2 Å². The predicted molar refractivity (Wildman–Crippen MR) is 98.2 cm³/mol. The molecule has 2 aliphatic rings. The van der Waals surface area contributed by atoms with Gasteiger partial charge in [-0.3, -0.25) is 14.9 Å². The lowest BCUT2D eigenvalue weighted by atomic mass is 9.97. The lowest BCUT2D eigenvalue weighted by molar-refractivity contribution is -0.384. The van der Waals surface area contributed by atoms with E-state index in [9.17, 15) is 23.3 Å². The minimum Gasteiger partial charge on any atom is -0.371 e. The third-order valence-corrected chi connectivity index (χ3v) is 6.90. The average molecular weight is 381 g/mol. The second-order valence-electron chi connectivity index (χ2n) is 7.20. The van der Waals surface area contributed by atoms with Crippen molar-refractivity contribution >= 4 is 27.1 Å². The van der Waals surface area contributed by atoms with Crippen molar-refractivity contribution < 1.29 is 18.1 Å². The van der Waals surface area contributed by atoms with E-state index < -0.39 is 26.7 Å². The molecular weight excluding hydrogens is 358 g/mol. The van der Waals surface area contributed by atoms with Crippen molar-refractivity contribution in [3.05, 3.63) is 33.9 Å². The van der Waals surface area contributed by atoms with E-state index in [0.717, 1.165) is 25.9 Å². The van der Waals surface area contributed by atoms with Gasteiger partial charge in [-0.1, -0.05) is 6.92 Å². The average Bonchev–Trinajstić information content (AvgIpc) is 2.93. The van der Waals surface area contributed by atoms with Crippen LogP contribution in [0.3, 0.4) is 0 Å². The summed E-state index contributed by atoms with van der Waals surface area (Å²) in [4.78, 5) is 25.4. The highest BCUT2D eigenvalue weighted by Crippen LogP contribution is 2.29. The fourth-order valence-corrected chi connectivity index (χ4v) is 5.19. The number of non-ortho nitro benzene ring substituents is 1. The van der Waals surface area contributed by atoms with E-state index in [1.54, 1.807) is 6.07 Å². The first-order valence-corrected chi connectivity index (χ1v) is 10.6. The van der Waals surface area contributed by atoms with Crippen LogP contribution in [0.25, 0.3) is 0 Å². The molecule has 2 heterocycles. The maximum atomic E-state index is 12.8. The molecule has 0 saturated carbocycles. The highest BCUT2D eigenvalue weighted by Gasteiger charge is 2.31. The van der Waals surface area contributed by atoms with E-state index in [1.807, 2.05) is 0 Å². The number of benzene rings is 1. The number of rotatable bonds is 4. The van der Waals surface area contributed by atoms with Gasteiger partial charge in [-0.25, -0.2) is 8.42 Å². The number of sulfone groups is 1. The quantitative estimate of drug-likeness (QED) is 0.628. The third-order valence-electron chi connectivity index (χ3n) is 5.13. The number of amides is 1. The van der Waals surface area contributed by atoms with Crippen LogP contribution in [0.4, 0.5) is 11.4 Å². The van der Waals surface area contributed by atoms with Gasteiger partial charge in [0.2, 0.25) is 0 Å². The summed E-state index contributed by atoms with van der Waals surface area (Å²) in [6.07, 6.45) is 2.37. The van der Waals surface area contributed by atoms with Crippen molar-refractivity contribution in [2.24, 2.45) is 5.92 Å². The molecular formula is C17H23N3O5S. The number of hydrogen-bond acceptors (Lipinski definition) is 6. The van der Waals surface area contributed by atoms with Gasteiger partial charge >= 0.3 is 0 Å². The van der Waals surface area contributed by atoms with Crippen LogP contribution < -0.4 is 10.2 Å². The van der Waals surface area contributed by atoms with Gasteiger partial charge in [0, 0.05) is 31.3 Å². The summed E-state index contributed by atoms with van der Waals surface area (Å²) in [5, 5.41) is 13.9. The van der Waals surface area contributed by atoms with E-state index in [-0.39, 0.29) is 22.8 Å². The minimum atomic E-state index is -3.11. The van der Waals surface area contributed by atoms with Crippen molar-refractivity contribution in [3.63, 3.8) is 0 Å². The molecule has 1 aromatic carbocycles. The first-order chi connectivity index (χ1) is 12.2. The maximum Gasteiger partial charge on any atom is 0.270 e. The molecule has 2 fully saturated rings. The van der Waals surface area contributed by atoms with E-state index in [2.05, 4.69) is 17.1 Å². The van der Waals surface area contributed by atoms with Gasteiger partial charge in [-0.2, -0.15) is 0 Å². The Hall–Kier alpha value is -2.16. The summed E-state index contributed by atoms with van der Waals surface area (Å²) in [6, 6.07) is 3.87. The third kappa shape index (κ3) is 4.14. The first-order valence-electron chi connectivity index (χ1n) is 8.80. The summed E-state index contributed by atoms with van der Waals surface area (Å²) in [5.74, 6) is 0.142. The van der Waals surface area contributed by atoms with Crippen LogP contribution in [-0.2, 0) is 9.84 Å². The molecule has 2 saturated heterocycles. The van der Waals surface area contributed by atoms with Gasteiger partial charge in [0.05, 0.1) is 27.7 Å². The molecule has 26 heavy (non-hydrogen) atoms. The molecule has 0 aliphatic carbocycles. The molecule has 8 nitrogen and oxygen atoms in total. The molecule has 0 radical (unpaired) electrons. The molecule has 142 valence electrons. The SMILES string of the molecule is CC1CCN(c2ccc([N+](=O)[O-])cc2C(=O)NC2CCS(=O)(=O)C2)CC1. The van der Waals surface area contributed by atoms with Crippen molar-refractivity contribution in [2.75, 3.05) is 29.5 Å². The Morgan fingerprint density at radius 3 is 2.54 bits per heavy atom. The Labute approximate surface area is 152 Å². The van der Waals surface area contributed by atoms with Crippen molar-refractivity contribution in [3.8, 4) is 0 Å². The Morgan fingerprint density at radius 1 is 1.27 bits per heavy atom. The minimum absolute atomic E-state index is 0.0593. The molecule has 1 amide bonds. The number of nitro groups is 1. The number of carbonyl (C=O) groups excluding carboxylic acids is 1. The molecule has 1 aromatic rings. The number of piperidine rings is 1. The Kier molecular flexibility index (Phi) is 5.17. The molecule has 0 aromatic heterocycles. The molecule has 2 aliphatic heterocycles. The van der Waals surface area contributed by atoms with E-state index in [1.165, 1.54) is 12.1 Å². The van der Waals surface area contributed by atoms with E-state index in [0.29, 0.717) is 18.0 Å². The highest BCUT2D eigenvalue weighted by atomic mass is 32.2. The summed E-state index contributed by atoms with van der Waals surface area (Å²) in [6.45, 7) is 3.76. The van der Waals surface area contributed by atoms with Crippen LogP contribution >= 0.6 is 0 Å².